The van der Waals surface area contributed by atoms with Crippen molar-refractivity contribution < 1.29 is 18.7 Å². The molecular weight excluding hydrogens is 232 g/mol. The molecule has 2 aromatic rings. The summed E-state index contributed by atoms with van der Waals surface area (Å²) in [6.07, 6.45) is 0. The number of aromatic nitrogens is 1. The number of carboxylic acids is 1. The normalized spacial score (nSPS) is 10.7. The molecule has 0 spiro atoms. The maximum absolute atomic E-state index is 13.1. The molecule has 0 aliphatic carbocycles. The minimum Gasteiger partial charge on any atom is -0.480 e. The summed E-state index contributed by atoms with van der Waals surface area (Å²) in [4.78, 5) is 22.0. The van der Waals surface area contributed by atoms with Crippen molar-refractivity contribution in [2.45, 2.75) is 6.54 Å². The smallest absolute Gasteiger partial charge is 0.323 e. The van der Waals surface area contributed by atoms with Gasteiger partial charge >= 0.3 is 5.97 Å². The Kier molecular flexibility index (Phi) is 2.63. The highest BCUT2D eigenvalue weighted by atomic mass is 19.2. The molecule has 1 N–H and O–H groups in total. The van der Waals surface area contributed by atoms with Crippen LogP contribution in [0.3, 0.4) is 0 Å². The fraction of sp³-hybridized carbons (Fsp3) is 0.0909. The second kappa shape index (κ2) is 3.97. The third-order valence-electron chi connectivity index (χ3n) is 2.33. The van der Waals surface area contributed by atoms with Crippen LogP contribution in [0.4, 0.5) is 8.78 Å². The van der Waals surface area contributed by atoms with Crippen molar-refractivity contribution in [2.24, 2.45) is 0 Å². The molecule has 0 aliphatic heterocycles. The molecule has 1 heterocycles. The third-order valence-corrected chi connectivity index (χ3v) is 2.33. The Labute approximate surface area is 93.7 Å². The molecule has 1 aromatic carbocycles. The molecule has 0 atom stereocenters. The van der Waals surface area contributed by atoms with E-state index >= 15 is 0 Å². The molecule has 1 aromatic heterocycles. The van der Waals surface area contributed by atoms with E-state index in [0.29, 0.717) is 0 Å². The van der Waals surface area contributed by atoms with E-state index in [4.69, 9.17) is 5.11 Å². The first-order valence-electron chi connectivity index (χ1n) is 4.69. The van der Waals surface area contributed by atoms with Crippen LogP contribution >= 0.6 is 0 Å². The Hall–Kier alpha value is -2.24. The number of carboxylic acid groups (broad SMARTS) is 1. The van der Waals surface area contributed by atoms with E-state index in [1.165, 1.54) is 6.07 Å². The minimum absolute atomic E-state index is 0.0544. The Morgan fingerprint density at radius 3 is 2.53 bits per heavy atom. The van der Waals surface area contributed by atoms with Gasteiger partial charge in [0.25, 0.3) is 5.56 Å². The molecule has 0 radical (unpaired) electrons. The lowest BCUT2D eigenvalue weighted by molar-refractivity contribution is -0.137. The number of fused-ring (bicyclic) bond motifs is 1. The fourth-order valence-electron chi connectivity index (χ4n) is 1.59. The number of hydrogen-bond donors (Lipinski definition) is 1. The van der Waals surface area contributed by atoms with Crippen molar-refractivity contribution in [1.82, 2.24) is 4.57 Å². The summed E-state index contributed by atoms with van der Waals surface area (Å²) in [6, 6.07) is 4.17. The van der Waals surface area contributed by atoms with Gasteiger partial charge in [-0.1, -0.05) is 0 Å². The number of halogens is 2. The zero-order chi connectivity index (χ0) is 12.6. The molecule has 0 saturated carbocycles. The number of pyridine rings is 1. The number of nitrogens with zero attached hydrogens (tertiary/aromatic N) is 1. The number of hydrogen-bond acceptors (Lipinski definition) is 2. The monoisotopic (exact) mass is 239 g/mol. The SMILES string of the molecule is O=C(O)Cn1c(=O)ccc2cc(F)c(F)cc21. The van der Waals surface area contributed by atoms with Crippen molar-refractivity contribution in [2.75, 3.05) is 0 Å². The summed E-state index contributed by atoms with van der Waals surface area (Å²) in [7, 11) is 0. The van der Waals surface area contributed by atoms with Gasteiger partial charge in [0.15, 0.2) is 11.6 Å². The van der Waals surface area contributed by atoms with Crippen molar-refractivity contribution in [3.05, 3.63) is 46.3 Å². The molecule has 0 fully saturated rings. The molecule has 0 saturated heterocycles. The van der Waals surface area contributed by atoms with E-state index in [-0.39, 0.29) is 10.9 Å². The first kappa shape index (κ1) is 11.3. The van der Waals surface area contributed by atoms with Crippen LogP contribution in [0.1, 0.15) is 0 Å². The maximum atomic E-state index is 13.1. The zero-order valence-corrected chi connectivity index (χ0v) is 8.48. The number of rotatable bonds is 2. The molecular formula is C11H7F2NO3. The van der Waals surface area contributed by atoms with E-state index < -0.39 is 29.7 Å². The van der Waals surface area contributed by atoms with Gasteiger partial charge in [-0.15, -0.1) is 0 Å². The Balaban J connectivity index is 2.80. The van der Waals surface area contributed by atoms with Gasteiger partial charge in [-0.2, -0.15) is 0 Å². The summed E-state index contributed by atoms with van der Waals surface area (Å²) >= 11 is 0. The van der Waals surface area contributed by atoms with E-state index in [9.17, 15) is 18.4 Å². The molecule has 0 unspecified atom stereocenters. The van der Waals surface area contributed by atoms with Crippen LogP contribution in [-0.4, -0.2) is 15.6 Å². The van der Waals surface area contributed by atoms with Crippen LogP contribution in [0, 0.1) is 11.6 Å². The first-order valence-corrected chi connectivity index (χ1v) is 4.69. The van der Waals surface area contributed by atoms with Crippen LogP contribution in [0.5, 0.6) is 0 Å². The maximum Gasteiger partial charge on any atom is 0.323 e. The summed E-state index contributed by atoms with van der Waals surface area (Å²) in [5.41, 5.74) is -0.523. The van der Waals surface area contributed by atoms with Gasteiger partial charge < -0.3 is 5.11 Å². The van der Waals surface area contributed by atoms with Crippen LogP contribution in [0.15, 0.2) is 29.1 Å². The quantitative estimate of drug-likeness (QED) is 0.860. The summed E-state index contributed by atoms with van der Waals surface area (Å²) < 4.78 is 26.9. The van der Waals surface area contributed by atoms with Gasteiger partial charge in [0.1, 0.15) is 6.54 Å². The predicted octanol–water partition coefficient (Wildman–Crippen LogP) is 1.36. The lowest BCUT2D eigenvalue weighted by Crippen LogP contribution is -2.23. The van der Waals surface area contributed by atoms with Crippen LogP contribution < -0.4 is 5.56 Å². The average molecular weight is 239 g/mol. The Morgan fingerprint density at radius 2 is 1.88 bits per heavy atom. The van der Waals surface area contributed by atoms with Gasteiger partial charge in [0.05, 0.1) is 5.52 Å². The van der Waals surface area contributed by atoms with Crippen LogP contribution in [0.2, 0.25) is 0 Å². The van der Waals surface area contributed by atoms with E-state index in [2.05, 4.69) is 0 Å². The summed E-state index contributed by atoms with van der Waals surface area (Å²) in [5, 5.41) is 8.92. The van der Waals surface area contributed by atoms with Crippen LogP contribution in [0.25, 0.3) is 10.9 Å². The molecule has 0 bridgehead atoms. The highest BCUT2D eigenvalue weighted by Crippen LogP contribution is 2.16. The summed E-state index contributed by atoms with van der Waals surface area (Å²) in [6.45, 7) is -0.596. The third kappa shape index (κ3) is 2.01. The van der Waals surface area contributed by atoms with Crippen molar-refractivity contribution >= 4 is 16.9 Å². The standard InChI is InChI=1S/C11H7F2NO3/c12-7-3-6-1-2-10(15)14(5-11(16)17)9(6)4-8(7)13/h1-4H,5H2,(H,16,17). The lowest BCUT2D eigenvalue weighted by Gasteiger charge is -2.07. The summed E-state index contributed by atoms with van der Waals surface area (Å²) in [5.74, 6) is -3.40. The second-order valence-corrected chi connectivity index (χ2v) is 3.48. The highest BCUT2D eigenvalue weighted by Gasteiger charge is 2.10. The van der Waals surface area contributed by atoms with E-state index in [1.54, 1.807) is 0 Å². The topological polar surface area (TPSA) is 59.3 Å². The largest absolute Gasteiger partial charge is 0.480 e. The fourth-order valence-corrected chi connectivity index (χ4v) is 1.59. The highest BCUT2D eigenvalue weighted by molar-refractivity contribution is 5.80. The zero-order valence-electron chi connectivity index (χ0n) is 8.48. The van der Waals surface area contributed by atoms with Gasteiger partial charge in [-0.05, 0) is 12.1 Å². The van der Waals surface area contributed by atoms with Crippen molar-refractivity contribution in [1.29, 1.82) is 0 Å². The molecule has 88 valence electrons. The molecule has 2 rings (SSSR count). The lowest BCUT2D eigenvalue weighted by atomic mass is 10.2. The van der Waals surface area contributed by atoms with Crippen molar-refractivity contribution in [3.8, 4) is 0 Å². The Morgan fingerprint density at radius 1 is 1.24 bits per heavy atom. The van der Waals surface area contributed by atoms with Gasteiger partial charge in [-0.25, -0.2) is 8.78 Å². The first-order chi connectivity index (χ1) is 7.99. The van der Waals surface area contributed by atoms with Gasteiger partial charge in [0.2, 0.25) is 0 Å². The molecule has 4 nitrogen and oxygen atoms in total. The number of benzene rings is 1. The second-order valence-electron chi connectivity index (χ2n) is 3.48. The van der Waals surface area contributed by atoms with E-state index in [1.807, 2.05) is 0 Å². The minimum atomic E-state index is -1.23. The predicted molar refractivity (Wildman–Crippen MR) is 55.8 cm³/mol. The van der Waals surface area contributed by atoms with E-state index in [0.717, 1.165) is 22.8 Å². The van der Waals surface area contributed by atoms with Crippen molar-refractivity contribution in [3.63, 3.8) is 0 Å². The Bertz CT molecular complexity index is 664. The molecule has 0 amide bonds. The molecule has 0 aliphatic rings. The van der Waals surface area contributed by atoms with Crippen LogP contribution in [-0.2, 0) is 11.3 Å². The molecule has 17 heavy (non-hydrogen) atoms. The average Bonchev–Trinajstić information content (AvgIpc) is 2.25. The number of aliphatic carboxylic acids is 1. The van der Waals surface area contributed by atoms with Gasteiger partial charge in [-0.3, -0.25) is 14.2 Å². The molecule has 6 heteroatoms. The van der Waals surface area contributed by atoms with Gasteiger partial charge in [0, 0.05) is 17.5 Å². The number of carbonyl (C=O) groups is 1.